The van der Waals surface area contributed by atoms with Crippen LogP contribution in [0.2, 0.25) is 0 Å². The molecule has 0 saturated carbocycles. The van der Waals surface area contributed by atoms with Crippen molar-refractivity contribution in [3.05, 3.63) is 53.9 Å². The van der Waals surface area contributed by atoms with Gasteiger partial charge in [-0.3, -0.25) is 0 Å². The molecule has 2 aromatic heterocycles. The standard InChI is InChI=1S/C17H20N6O/c1-12(2)23(11-14-7-5-4-6-8-14)17-20-16(10-18-21-17)19-15-9-13(3)24-22-15/h4-10,12H,11H2,1-3H3,(H,19,20,21,22). The van der Waals surface area contributed by atoms with Crippen LogP contribution in [0.3, 0.4) is 0 Å². The number of anilines is 3. The summed E-state index contributed by atoms with van der Waals surface area (Å²) in [6.07, 6.45) is 1.56. The van der Waals surface area contributed by atoms with Crippen LogP contribution in [-0.2, 0) is 6.54 Å². The van der Waals surface area contributed by atoms with Gasteiger partial charge in [0, 0.05) is 18.7 Å². The molecule has 24 heavy (non-hydrogen) atoms. The molecular formula is C17H20N6O. The van der Waals surface area contributed by atoms with E-state index in [-0.39, 0.29) is 6.04 Å². The topological polar surface area (TPSA) is 80.0 Å². The maximum absolute atomic E-state index is 5.04. The van der Waals surface area contributed by atoms with Crippen LogP contribution in [-0.4, -0.2) is 26.4 Å². The maximum Gasteiger partial charge on any atom is 0.247 e. The van der Waals surface area contributed by atoms with E-state index in [2.05, 4.69) is 56.5 Å². The van der Waals surface area contributed by atoms with Crippen molar-refractivity contribution in [3.63, 3.8) is 0 Å². The third-order valence-electron chi connectivity index (χ3n) is 3.51. The van der Waals surface area contributed by atoms with E-state index in [9.17, 15) is 0 Å². The second-order valence-corrected chi connectivity index (χ2v) is 5.80. The van der Waals surface area contributed by atoms with Gasteiger partial charge in [0.1, 0.15) is 5.76 Å². The third-order valence-corrected chi connectivity index (χ3v) is 3.51. The van der Waals surface area contributed by atoms with E-state index in [0.717, 1.165) is 5.76 Å². The zero-order valence-electron chi connectivity index (χ0n) is 14.0. The molecule has 0 atom stereocenters. The highest BCUT2D eigenvalue weighted by Gasteiger charge is 2.15. The molecule has 124 valence electrons. The molecule has 2 heterocycles. The van der Waals surface area contributed by atoms with Gasteiger partial charge in [-0.1, -0.05) is 35.5 Å². The van der Waals surface area contributed by atoms with Crippen molar-refractivity contribution in [2.75, 3.05) is 10.2 Å². The number of nitrogens with one attached hydrogen (secondary N) is 1. The Morgan fingerprint density at radius 3 is 2.62 bits per heavy atom. The molecular weight excluding hydrogens is 304 g/mol. The highest BCUT2D eigenvalue weighted by Crippen LogP contribution is 2.18. The second-order valence-electron chi connectivity index (χ2n) is 5.80. The third kappa shape index (κ3) is 3.87. The maximum atomic E-state index is 5.04. The van der Waals surface area contributed by atoms with Crippen LogP contribution in [0, 0.1) is 6.92 Å². The number of rotatable bonds is 6. The van der Waals surface area contributed by atoms with Gasteiger partial charge in [-0.15, -0.1) is 5.10 Å². The van der Waals surface area contributed by atoms with Crippen LogP contribution in [0.1, 0.15) is 25.2 Å². The van der Waals surface area contributed by atoms with Crippen LogP contribution < -0.4 is 10.2 Å². The number of aryl methyl sites for hydroxylation is 1. The number of hydrogen-bond donors (Lipinski definition) is 1. The molecule has 0 spiro atoms. The van der Waals surface area contributed by atoms with Crippen molar-refractivity contribution < 1.29 is 4.52 Å². The van der Waals surface area contributed by atoms with Gasteiger partial charge >= 0.3 is 0 Å². The molecule has 7 nitrogen and oxygen atoms in total. The Hall–Kier alpha value is -2.96. The van der Waals surface area contributed by atoms with E-state index in [4.69, 9.17) is 4.52 Å². The first-order valence-corrected chi connectivity index (χ1v) is 7.82. The zero-order valence-corrected chi connectivity index (χ0v) is 14.0. The van der Waals surface area contributed by atoms with Crippen LogP contribution in [0.5, 0.6) is 0 Å². The summed E-state index contributed by atoms with van der Waals surface area (Å²) in [5.74, 6) is 2.47. The molecule has 0 radical (unpaired) electrons. The van der Waals surface area contributed by atoms with E-state index in [1.807, 2.05) is 25.1 Å². The van der Waals surface area contributed by atoms with Crippen molar-refractivity contribution in [1.82, 2.24) is 20.3 Å². The Balaban J connectivity index is 1.81. The van der Waals surface area contributed by atoms with Crippen LogP contribution in [0.25, 0.3) is 0 Å². The first-order chi connectivity index (χ1) is 11.6. The molecule has 0 aliphatic rings. The Labute approximate surface area is 140 Å². The minimum Gasteiger partial charge on any atom is -0.360 e. The van der Waals surface area contributed by atoms with Crippen LogP contribution in [0.4, 0.5) is 17.6 Å². The molecule has 3 rings (SSSR count). The lowest BCUT2D eigenvalue weighted by Gasteiger charge is -2.26. The molecule has 3 aromatic rings. The van der Waals surface area contributed by atoms with Gasteiger partial charge in [-0.25, -0.2) is 0 Å². The molecule has 0 aliphatic carbocycles. The van der Waals surface area contributed by atoms with Gasteiger partial charge in [0.15, 0.2) is 11.6 Å². The Bertz CT molecular complexity index is 787. The second kappa shape index (κ2) is 7.08. The number of benzene rings is 1. The SMILES string of the molecule is Cc1cc(Nc2cnnc(N(Cc3ccccc3)C(C)C)n2)no1. The molecule has 7 heteroatoms. The van der Waals surface area contributed by atoms with Gasteiger partial charge < -0.3 is 14.7 Å². The number of nitrogens with zero attached hydrogens (tertiary/aromatic N) is 5. The van der Waals surface area contributed by atoms with Crippen molar-refractivity contribution >= 4 is 17.6 Å². The van der Waals surface area contributed by atoms with Gasteiger partial charge in [-0.05, 0) is 26.3 Å². The fraction of sp³-hybridized carbons (Fsp3) is 0.294. The molecule has 0 aliphatic heterocycles. The molecule has 0 fully saturated rings. The highest BCUT2D eigenvalue weighted by molar-refractivity contribution is 5.51. The van der Waals surface area contributed by atoms with E-state index in [0.29, 0.717) is 24.1 Å². The Kier molecular flexibility index (Phi) is 4.69. The Morgan fingerprint density at radius 2 is 1.96 bits per heavy atom. The van der Waals surface area contributed by atoms with Gasteiger partial charge in [0.25, 0.3) is 0 Å². The van der Waals surface area contributed by atoms with E-state index in [1.54, 1.807) is 12.3 Å². The fourth-order valence-electron chi connectivity index (χ4n) is 2.30. The molecule has 0 bridgehead atoms. The largest absolute Gasteiger partial charge is 0.360 e. The minimum atomic E-state index is 0.233. The van der Waals surface area contributed by atoms with Crippen molar-refractivity contribution in [3.8, 4) is 0 Å². The van der Waals surface area contributed by atoms with Crippen LogP contribution in [0.15, 0.2) is 47.1 Å². The highest BCUT2D eigenvalue weighted by atomic mass is 16.5. The van der Waals surface area contributed by atoms with Gasteiger partial charge in [0.2, 0.25) is 5.95 Å². The smallest absolute Gasteiger partial charge is 0.247 e. The summed E-state index contributed by atoms with van der Waals surface area (Å²) < 4.78 is 5.04. The van der Waals surface area contributed by atoms with E-state index >= 15 is 0 Å². The first-order valence-electron chi connectivity index (χ1n) is 7.82. The van der Waals surface area contributed by atoms with Crippen molar-refractivity contribution in [2.45, 2.75) is 33.4 Å². The van der Waals surface area contributed by atoms with Gasteiger partial charge in [-0.2, -0.15) is 10.1 Å². The average molecular weight is 324 g/mol. The predicted molar refractivity (Wildman–Crippen MR) is 92.1 cm³/mol. The van der Waals surface area contributed by atoms with Crippen molar-refractivity contribution in [1.29, 1.82) is 0 Å². The number of hydrogen-bond acceptors (Lipinski definition) is 7. The lowest BCUT2D eigenvalue weighted by molar-refractivity contribution is 0.400. The van der Waals surface area contributed by atoms with Crippen molar-refractivity contribution in [2.24, 2.45) is 0 Å². The quantitative estimate of drug-likeness (QED) is 0.745. The average Bonchev–Trinajstić information content (AvgIpc) is 2.98. The summed E-state index contributed by atoms with van der Waals surface area (Å²) in [6.45, 7) is 6.76. The summed E-state index contributed by atoms with van der Waals surface area (Å²) in [4.78, 5) is 6.65. The Morgan fingerprint density at radius 1 is 1.17 bits per heavy atom. The first kappa shape index (κ1) is 15.9. The molecule has 0 amide bonds. The number of aromatic nitrogens is 4. The van der Waals surface area contributed by atoms with E-state index < -0.39 is 0 Å². The molecule has 0 saturated heterocycles. The summed E-state index contributed by atoms with van der Waals surface area (Å²) >= 11 is 0. The lowest BCUT2D eigenvalue weighted by Crippen LogP contribution is -2.32. The van der Waals surface area contributed by atoms with Gasteiger partial charge in [0.05, 0.1) is 6.20 Å². The summed E-state index contributed by atoms with van der Waals surface area (Å²) in [5, 5.41) is 15.2. The molecule has 1 aromatic carbocycles. The fourth-order valence-corrected chi connectivity index (χ4v) is 2.30. The summed E-state index contributed by atoms with van der Waals surface area (Å²) in [6, 6.07) is 12.3. The van der Waals surface area contributed by atoms with E-state index in [1.165, 1.54) is 5.56 Å². The monoisotopic (exact) mass is 324 g/mol. The molecule has 1 N–H and O–H groups in total. The normalized spacial score (nSPS) is 10.8. The summed E-state index contributed by atoms with van der Waals surface area (Å²) in [7, 11) is 0. The minimum absolute atomic E-state index is 0.233. The summed E-state index contributed by atoms with van der Waals surface area (Å²) in [5.41, 5.74) is 1.19. The van der Waals surface area contributed by atoms with Crippen LogP contribution >= 0.6 is 0 Å². The molecule has 0 unspecified atom stereocenters. The predicted octanol–water partition coefficient (Wildman–Crippen LogP) is 3.33. The zero-order chi connectivity index (χ0) is 16.9. The lowest BCUT2D eigenvalue weighted by atomic mass is 10.2.